The molecule has 1 aliphatic carbocycles. The van der Waals surface area contributed by atoms with Crippen molar-refractivity contribution in [1.82, 2.24) is 0 Å². The predicted octanol–water partition coefficient (Wildman–Crippen LogP) is 4.06. The molecule has 0 heterocycles. The molecule has 0 N–H and O–H groups in total. The molecule has 0 aromatic heterocycles. The normalized spacial score (nSPS) is 25.0. The summed E-state index contributed by atoms with van der Waals surface area (Å²) in [6.07, 6.45) is 6.59. The predicted molar refractivity (Wildman–Crippen MR) is 69.8 cm³/mol. The molecule has 0 aromatic carbocycles. The van der Waals surface area contributed by atoms with Gasteiger partial charge in [-0.05, 0) is 46.0 Å². The molecule has 1 rings (SSSR count). The fourth-order valence-corrected chi connectivity index (χ4v) is 3.04. The first kappa shape index (κ1) is 14.0. The van der Waals surface area contributed by atoms with E-state index in [-0.39, 0.29) is 11.6 Å². The van der Waals surface area contributed by atoms with E-state index in [1.165, 1.54) is 19.3 Å². The first-order valence-electron chi connectivity index (χ1n) is 6.23. The standard InChI is InChI=1S/C13H23BrO2/c1-13(2,3)16-12(15)7-5-4-6-10-8-11(14)9-10/h10-11H,4-9H2,1-3H3. The molecule has 0 aliphatic heterocycles. The minimum Gasteiger partial charge on any atom is -0.460 e. The molecular weight excluding hydrogens is 268 g/mol. The van der Waals surface area contributed by atoms with Crippen LogP contribution in [0.2, 0.25) is 0 Å². The molecule has 1 aliphatic rings. The van der Waals surface area contributed by atoms with E-state index in [0.717, 1.165) is 23.6 Å². The van der Waals surface area contributed by atoms with Gasteiger partial charge in [-0.2, -0.15) is 0 Å². The molecule has 0 amide bonds. The first-order chi connectivity index (χ1) is 7.37. The average Bonchev–Trinajstić information content (AvgIpc) is 2.05. The zero-order chi connectivity index (χ0) is 12.2. The molecule has 0 aromatic rings. The Labute approximate surface area is 107 Å². The maximum Gasteiger partial charge on any atom is 0.306 e. The number of hydrogen-bond acceptors (Lipinski definition) is 2. The second kappa shape index (κ2) is 6.04. The lowest BCUT2D eigenvalue weighted by molar-refractivity contribution is -0.154. The van der Waals surface area contributed by atoms with Gasteiger partial charge >= 0.3 is 5.97 Å². The number of rotatable bonds is 5. The summed E-state index contributed by atoms with van der Waals surface area (Å²) in [6.45, 7) is 5.74. The number of halogens is 1. The molecule has 0 spiro atoms. The minimum atomic E-state index is -0.339. The average molecular weight is 291 g/mol. The van der Waals surface area contributed by atoms with Crippen molar-refractivity contribution in [1.29, 1.82) is 0 Å². The van der Waals surface area contributed by atoms with Crippen molar-refractivity contribution in [2.45, 2.75) is 69.7 Å². The smallest absolute Gasteiger partial charge is 0.306 e. The lowest BCUT2D eigenvalue weighted by Gasteiger charge is -2.31. The Morgan fingerprint density at radius 3 is 2.44 bits per heavy atom. The number of hydrogen-bond donors (Lipinski definition) is 0. The van der Waals surface area contributed by atoms with Gasteiger partial charge in [0.25, 0.3) is 0 Å². The van der Waals surface area contributed by atoms with E-state index in [1.807, 2.05) is 20.8 Å². The van der Waals surface area contributed by atoms with Gasteiger partial charge in [-0.15, -0.1) is 0 Å². The number of ether oxygens (including phenoxy) is 1. The van der Waals surface area contributed by atoms with Gasteiger partial charge in [0.15, 0.2) is 0 Å². The minimum absolute atomic E-state index is 0.0560. The van der Waals surface area contributed by atoms with Crippen molar-refractivity contribution in [3.05, 3.63) is 0 Å². The third kappa shape index (κ3) is 5.88. The Hall–Kier alpha value is -0.0500. The van der Waals surface area contributed by atoms with Crippen molar-refractivity contribution in [3.8, 4) is 0 Å². The van der Waals surface area contributed by atoms with Gasteiger partial charge in [-0.3, -0.25) is 4.79 Å². The van der Waals surface area contributed by atoms with Crippen LogP contribution in [-0.2, 0) is 9.53 Å². The summed E-state index contributed by atoms with van der Waals surface area (Å²) in [4.78, 5) is 12.2. The van der Waals surface area contributed by atoms with E-state index in [2.05, 4.69) is 15.9 Å². The lowest BCUT2D eigenvalue weighted by Crippen LogP contribution is -2.24. The number of carbonyl (C=O) groups excluding carboxylic acids is 1. The molecule has 3 heteroatoms. The lowest BCUT2D eigenvalue weighted by atomic mass is 9.81. The maximum absolute atomic E-state index is 11.4. The van der Waals surface area contributed by atoms with E-state index < -0.39 is 0 Å². The number of carbonyl (C=O) groups is 1. The van der Waals surface area contributed by atoms with Crippen LogP contribution in [0, 0.1) is 5.92 Å². The highest BCUT2D eigenvalue weighted by Gasteiger charge is 2.25. The largest absolute Gasteiger partial charge is 0.460 e. The molecule has 0 saturated heterocycles. The molecular formula is C13H23BrO2. The fraction of sp³-hybridized carbons (Fsp3) is 0.923. The highest BCUT2D eigenvalue weighted by atomic mass is 79.9. The van der Waals surface area contributed by atoms with E-state index in [0.29, 0.717) is 6.42 Å². The molecule has 0 bridgehead atoms. The Bertz CT molecular complexity index is 227. The fourth-order valence-electron chi connectivity index (χ4n) is 1.98. The molecule has 1 saturated carbocycles. The van der Waals surface area contributed by atoms with Crippen LogP contribution in [0.1, 0.15) is 59.3 Å². The summed E-state index contributed by atoms with van der Waals surface area (Å²) >= 11 is 3.59. The molecule has 0 atom stereocenters. The van der Waals surface area contributed by atoms with E-state index in [9.17, 15) is 4.79 Å². The van der Waals surface area contributed by atoms with Gasteiger partial charge in [0, 0.05) is 11.2 Å². The van der Waals surface area contributed by atoms with Gasteiger partial charge in [-0.1, -0.05) is 28.8 Å². The Morgan fingerprint density at radius 2 is 1.94 bits per heavy atom. The number of unbranched alkanes of at least 4 members (excludes halogenated alkanes) is 1. The zero-order valence-electron chi connectivity index (χ0n) is 10.6. The van der Waals surface area contributed by atoms with Crippen molar-refractivity contribution < 1.29 is 9.53 Å². The van der Waals surface area contributed by atoms with E-state index in [4.69, 9.17) is 4.74 Å². The van der Waals surface area contributed by atoms with Crippen LogP contribution in [0.25, 0.3) is 0 Å². The zero-order valence-corrected chi connectivity index (χ0v) is 12.2. The number of alkyl halides is 1. The van der Waals surface area contributed by atoms with Gasteiger partial charge in [0.2, 0.25) is 0 Å². The summed E-state index contributed by atoms with van der Waals surface area (Å²) in [7, 11) is 0. The monoisotopic (exact) mass is 290 g/mol. The van der Waals surface area contributed by atoms with Gasteiger partial charge in [0.05, 0.1) is 0 Å². The third-order valence-electron chi connectivity index (χ3n) is 2.84. The van der Waals surface area contributed by atoms with Crippen LogP contribution < -0.4 is 0 Å². The molecule has 1 fully saturated rings. The van der Waals surface area contributed by atoms with Crippen molar-refractivity contribution >= 4 is 21.9 Å². The summed E-state index contributed by atoms with van der Waals surface area (Å²) in [5.41, 5.74) is -0.339. The van der Waals surface area contributed by atoms with Crippen LogP contribution in [-0.4, -0.2) is 16.4 Å². The molecule has 94 valence electrons. The van der Waals surface area contributed by atoms with Crippen molar-refractivity contribution in [3.63, 3.8) is 0 Å². The molecule has 2 nitrogen and oxygen atoms in total. The second-order valence-corrected chi connectivity index (χ2v) is 7.06. The summed E-state index contributed by atoms with van der Waals surface area (Å²) in [5.74, 6) is 0.836. The Morgan fingerprint density at radius 1 is 1.31 bits per heavy atom. The van der Waals surface area contributed by atoms with Crippen LogP contribution in [0.15, 0.2) is 0 Å². The SMILES string of the molecule is CC(C)(C)OC(=O)CCCCC1CC(Br)C1. The quantitative estimate of drug-likeness (QED) is 0.434. The summed E-state index contributed by atoms with van der Waals surface area (Å²) in [6, 6.07) is 0. The van der Waals surface area contributed by atoms with Crippen LogP contribution in [0.4, 0.5) is 0 Å². The molecule has 0 radical (unpaired) electrons. The van der Waals surface area contributed by atoms with Gasteiger partial charge in [0.1, 0.15) is 5.60 Å². The molecule has 16 heavy (non-hydrogen) atoms. The van der Waals surface area contributed by atoms with Crippen molar-refractivity contribution in [2.75, 3.05) is 0 Å². The topological polar surface area (TPSA) is 26.3 Å². The first-order valence-corrected chi connectivity index (χ1v) is 7.14. The van der Waals surface area contributed by atoms with Gasteiger partial charge < -0.3 is 4.74 Å². The second-order valence-electron chi connectivity index (χ2n) is 5.77. The highest BCUT2D eigenvalue weighted by Crippen LogP contribution is 2.36. The van der Waals surface area contributed by atoms with E-state index in [1.54, 1.807) is 0 Å². The van der Waals surface area contributed by atoms with Crippen LogP contribution in [0.3, 0.4) is 0 Å². The van der Waals surface area contributed by atoms with E-state index >= 15 is 0 Å². The Balaban J connectivity index is 1.96. The Kier molecular flexibility index (Phi) is 5.29. The third-order valence-corrected chi connectivity index (χ3v) is 3.59. The van der Waals surface area contributed by atoms with Crippen LogP contribution >= 0.6 is 15.9 Å². The summed E-state index contributed by atoms with van der Waals surface area (Å²) < 4.78 is 5.26. The van der Waals surface area contributed by atoms with Crippen LogP contribution in [0.5, 0.6) is 0 Å². The molecule has 0 unspecified atom stereocenters. The van der Waals surface area contributed by atoms with Gasteiger partial charge in [-0.25, -0.2) is 0 Å². The van der Waals surface area contributed by atoms with Crippen molar-refractivity contribution in [2.24, 2.45) is 5.92 Å². The highest BCUT2D eigenvalue weighted by molar-refractivity contribution is 9.09. The number of esters is 1. The summed E-state index contributed by atoms with van der Waals surface area (Å²) in [5, 5.41) is 0. The maximum atomic E-state index is 11.4.